The number of ketones is 1. The van der Waals surface area contributed by atoms with Crippen molar-refractivity contribution in [3.05, 3.63) is 0 Å². The monoisotopic (exact) mass is 184 g/mol. The van der Waals surface area contributed by atoms with Crippen LogP contribution in [0.2, 0.25) is 0 Å². The lowest BCUT2D eigenvalue weighted by Crippen LogP contribution is -2.31. The van der Waals surface area contributed by atoms with Gasteiger partial charge in [0.2, 0.25) is 0 Å². The Labute approximate surface area is 80.7 Å². The van der Waals surface area contributed by atoms with Crippen molar-refractivity contribution in [2.24, 2.45) is 11.8 Å². The SMILES string of the molecule is CC(C)COC1CC(=O)CCC1C. The molecule has 2 unspecified atom stereocenters. The number of rotatable bonds is 3. The molecule has 1 aliphatic rings. The lowest BCUT2D eigenvalue weighted by molar-refractivity contribution is -0.127. The van der Waals surface area contributed by atoms with Gasteiger partial charge in [-0.1, -0.05) is 20.8 Å². The van der Waals surface area contributed by atoms with Crippen LogP contribution in [0.25, 0.3) is 0 Å². The zero-order chi connectivity index (χ0) is 9.84. The van der Waals surface area contributed by atoms with E-state index in [1.807, 2.05) is 0 Å². The van der Waals surface area contributed by atoms with Crippen LogP contribution in [0.15, 0.2) is 0 Å². The predicted octanol–water partition coefficient (Wildman–Crippen LogP) is 2.42. The van der Waals surface area contributed by atoms with Crippen molar-refractivity contribution in [3.8, 4) is 0 Å². The van der Waals surface area contributed by atoms with E-state index in [-0.39, 0.29) is 6.10 Å². The van der Waals surface area contributed by atoms with Crippen molar-refractivity contribution in [3.63, 3.8) is 0 Å². The van der Waals surface area contributed by atoms with Crippen LogP contribution in [0.4, 0.5) is 0 Å². The second-order valence-electron chi connectivity index (χ2n) is 4.52. The zero-order valence-electron chi connectivity index (χ0n) is 8.88. The summed E-state index contributed by atoms with van der Waals surface area (Å²) >= 11 is 0. The molecule has 0 radical (unpaired) electrons. The Morgan fingerprint density at radius 1 is 1.54 bits per heavy atom. The molecule has 0 N–H and O–H groups in total. The Hall–Kier alpha value is -0.370. The standard InChI is InChI=1S/C11H20O2/c1-8(2)7-13-11-6-10(12)5-4-9(11)3/h8-9,11H,4-7H2,1-3H3. The second-order valence-corrected chi connectivity index (χ2v) is 4.52. The first-order chi connectivity index (χ1) is 6.09. The summed E-state index contributed by atoms with van der Waals surface area (Å²) in [5.41, 5.74) is 0. The van der Waals surface area contributed by atoms with Crippen LogP contribution in [0.5, 0.6) is 0 Å². The predicted molar refractivity (Wildman–Crippen MR) is 52.6 cm³/mol. The third-order valence-electron chi connectivity index (χ3n) is 2.59. The molecule has 0 spiro atoms. The number of ether oxygens (including phenoxy) is 1. The summed E-state index contributed by atoms with van der Waals surface area (Å²) in [7, 11) is 0. The molecule has 0 aromatic carbocycles. The van der Waals surface area contributed by atoms with E-state index in [0.717, 1.165) is 19.4 Å². The Bertz CT molecular complexity index is 175. The number of Topliss-reactive ketones (excluding diaryl/α,β-unsaturated/α-hetero) is 1. The van der Waals surface area contributed by atoms with Crippen LogP contribution in [-0.4, -0.2) is 18.5 Å². The summed E-state index contributed by atoms with van der Waals surface area (Å²) in [6.07, 6.45) is 2.57. The fourth-order valence-corrected chi connectivity index (χ4v) is 1.64. The van der Waals surface area contributed by atoms with Crippen LogP contribution >= 0.6 is 0 Å². The van der Waals surface area contributed by atoms with E-state index in [2.05, 4.69) is 20.8 Å². The molecule has 1 fully saturated rings. The molecule has 0 aromatic rings. The van der Waals surface area contributed by atoms with E-state index < -0.39 is 0 Å². The Morgan fingerprint density at radius 3 is 2.85 bits per heavy atom. The summed E-state index contributed by atoms with van der Waals surface area (Å²) in [6.45, 7) is 7.23. The van der Waals surface area contributed by atoms with Crippen molar-refractivity contribution in [1.82, 2.24) is 0 Å². The number of hydrogen-bond acceptors (Lipinski definition) is 2. The summed E-state index contributed by atoms with van der Waals surface area (Å²) in [5.74, 6) is 1.48. The summed E-state index contributed by atoms with van der Waals surface area (Å²) in [5, 5.41) is 0. The highest BCUT2D eigenvalue weighted by atomic mass is 16.5. The largest absolute Gasteiger partial charge is 0.377 e. The van der Waals surface area contributed by atoms with Gasteiger partial charge in [0, 0.05) is 19.4 Å². The van der Waals surface area contributed by atoms with Crippen molar-refractivity contribution < 1.29 is 9.53 Å². The van der Waals surface area contributed by atoms with Crippen molar-refractivity contribution in [1.29, 1.82) is 0 Å². The number of hydrogen-bond donors (Lipinski definition) is 0. The smallest absolute Gasteiger partial charge is 0.135 e. The van der Waals surface area contributed by atoms with Gasteiger partial charge in [0.05, 0.1) is 6.10 Å². The van der Waals surface area contributed by atoms with Gasteiger partial charge in [-0.2, -0.15) is 0 Å². The highest BCUT2D eigenvalue weighted by molar-refractivity contribution is 5.79. The van der Waals surface area contributed by atoms with Crippen LogP contribution < -0.4 is 0 Å². The molecule has 1 aliphatic carbocycles. The Kier molecular flexibility index (Phi) is 3.91. The molecule has 2 nitrogen and oxygen atoms in total. The Balaban J connectivity index is 2.33. The van der Waals surface area contributed by atoms with Crippen LogP contribution in [-0.2, 0) is 9.53 Å². The van der Waals surface area contributed by atoms with E-state index in [1.54, 1.807) is 0 Å². The summed E-state index contributed by atoms with van der Waals surface area (Å²) in [4.78, 5) is 11.2. The molecule has 0 heterocycles. The van der Waals surface area contributed by atoms with Gasteiger partial charge in [-0.25, -0.2) is 0 Å². The average Bonchev–Trinajstić information content (AvgIpc) is 2.06. The minimum absolute atomic E-state index is 0.184. The molecule has 0 amide bonds. The molecule has 0 aliphatic heterocycles. The highest BCUT2D eigenvalue weighted by Crippen LogP contribution is 2.24. The summed E-state index contributed by atoms with van der Waals surface area (Å²) < 4.78 is 5.71. The number of carbonyl (C=O) groups excluding carboxylic acids is 1. The molecular weight excluding hydrogens is 164 g/mol. The highest BCUT2D eigenvalue weighted by Gasteiger charge is 2.26. The third-order valence-corrected chi connectivity index (χ3v) is 2.59. The maximum absolute atomic E-state index is 11.2. The molecule has 76 valence electrons. The molecule has 0 bridgehead atoms. The molecule has 13 heavy (non-hydrogen) atoms. The van der Waals surface area contributed by atoms with E-state index in [4.69, 9.17) is 4.74 Å². The minimum Gasteiger partial charge on any atom is -0.377 e. The molecule has 2 heteroatoms. The maximum Gasteiger partial charge on any atom is 0.135 e. The van der Waals surface area contributed by atoms with Crippen LogP contribution in [0.1, 0.15) is 40.0 Å². The van der Waals surface area contributed by atoms with Crippen LogP contribution in [0.3, 0.4) is 0 Å². The van der Waals surface area contributed by atoms with Crippen molar-refractivity contribution in [2.75, 3.05) is 6.61 Å². The first kappa shape index (κ1) is 10.7. The van der Waals surface area contributed by atoms with Crippen LogP contribution in [0, 0.1) is 11.8 Å². The van der Waals surface area contributed by atoms with Crippen molar-refractivity contribution in [2.45, 2.75) is 46.1 Å². The lowest BCUT2D eigenvalue weighted by Gasteiger charge is -2.28. The first-order valence-corrected chi connectivity index (χ1v) is 5.23. The van der Waals surface area contributed by atoms with Gasteiger partial charge in [-0.15, -0.1) is 0 Å². The van der Waals surface area contributed by atoms with Gasteiger partial charge >= 0.3 is 0 Å². The molecule has 0 aromatic heterocycles. The topological polar surface area (TPSA) is 26.3 Å². The minimum atomic E-state index is 0.184. The van der Waals surface area contributed by atoms with Gasteiger partial charge in [-0.3, -0.25) is 4.79 Å². The maximum atomic E-state index is 11.2. The van der Waals surface area contributed by atoms with E-state index in [1.165, 1.54) is 0 Å². The fourth-order valence-electron chi connectivity index (χ4n) is 1.64. The van der Waals surface area contributed by atoms with Gasteiger partial charge in [0.15, 0.2) is 0 Å². The van der Waals surface area contributed by atoms with Gasteiger partial charge in [0.1, 0.15) is 5.78 Å². The van der Waals surface area contributed by atoms with E-state index in [0.29, 0.717) is 24.0 Å². The van der Waals surface area contributed by atoms with Gasteiger partial charge in [-0.05, 0) is 18.3 Å². The zero-order valence-corrected chi connectivity index (χ0v) is 8.88. The fraction of sp³-hybridized carbons (Fsp3) is 0.909. The molecule has 1 saturated carbocycles. The molecule has 0 saturated heterocycles. The lowest BCUT2D eigenvalue weighted by atomic mass is 9.87. The third kappa shape index (κ3) is 3.47. The van der Waals surface area contributed by atoms with Gasteiger partial charge < -0.3 is 4.74 Å². The van der Waals surface area contributed by atoms with Crippen molar-refractivity contribution >= 4 is 5.78 Å². The van der Waals surface area contributed by atoms with E-state index >= 15 is 0 Å². The summed E-state index contributed by atoms with van der Waals surface area (Å²) in [6, 6.07) is 0. The molecular formula is C11H20O2. The molecule has 2 atom stereocenters. The quantitative estimate of drug-likeness (QED) is 0.673. The second kappa shape index (κ2) is 4.75. The Morgan fingerprint density at radius 2 is 2.23 bits per heavy atom. The normalized spacial score (nSPS) is 29.7. The van der Waals surface area contributed by atoms with Gasteiger partial charge in [0.25, 0.3) is 0 Å². The first-order valence-electron chi connectivity index (χ1n) is 5.23. The number of carbonyl (C=O) groups is 1. The molecule has 1 rings (SSSR count). The average molecular weight is 184 g/mol. The van der Waals surface area contributed by atoms with E-state index in [9.17, 15) is 4.79 Å².